The van der Waals surface area contributed by atoms with Gasteiger partial charge >= 0.3 is 17.9 Å². The first-order valence-corrected chi connectivity index (χ1v) is 32.1. The van der Waals surface area contributed by atoms with E-state index in [1.165, 1.54) is 16.8 Å². The second kappa shape index (κ2) is 43.8. The number of aliphatic carboxylic acids is 3. The van der Waals surface area contributed by atoms with E-state index in [4.69, 9.17) is 14.2 Å². The Kier molecular flexibility index (Phi) is 38.0. The summed E-state index contributed by atoms with van der Waals surface area (Å²) < 4.78 is 17.0. The molecule has 0 radical (unpaired) electrons. The largest absolute Gasteiger partial charge is 0.480 e. The summed E-state index contributed by atoms with van der Waals surface area (Å²) in [6.07, 6.45) is 4.99. The van der Waals surface area contributed by atoms with E-state index in [1.807, 2.05) is 18.7 Å². The predicted octanol–water partition coefficient (Wildman–Crippen LogP) is -2.60. The lowest BCUT2D eigenvalue weighted by Gasteiger charge is -2.32. The van der Waals surface area contributed by atoms with Crippen molar-refractivity contribution in [2.75, 3.05) is 183 Å². The van der Waals surface area contributed by atoms with Gasteiger partial charge in [-0.1, -0.05) is 26.7 Å². The molecule has 0 bridgehead atoms. The van der Waals surface area contributed by atoms with Crippen molar-refractivity contribution in [1.82, 2.24) is 60.9 Å². The van der Waals surface area contributed by atoms with Gasteiger partial charge in [-0.15, -0.1) is 23.5 Å². The van der Waals surface area contributed by atoms with E-state index in [0.717, 1.165) is 41.3 Å². The maximum absolute atomic E-state index is 14.5. The van der Waals surface area contributed by atoms with Gasteiger partial charge in [0.05, 0.1) is 81.5 Å². The Morgan fingerprint density at radius 2 is 1.15 bits per heavy atom. The van der Waals surface area contributed by atoms with Gasteiger partial charge in [-0.3, -0.25) is 77.2 Å². The van der Waals surface area contributed by atoms with Crippen molar-refractivity contribution in [3.63, 3.8) is 0 Å². The number of likely N-dealkylation sites (N-methyl/N-ethyl adjacent to an activating group) is 2. The van der Waals surface area contributed by atoms with Crippen LogP contribution in [0.15, 0.2) is 9.81 Å². The summed E-state index contributed by atoms with van der Waals surface area (Å²) in [5, 5.41) is 41.9. The van der Waals surface area contributed by atoms with E-state index in [2.05, 4.69) is 26.6 Å². The molecule has 8 amide bonds. The number of unbranched alkanes of at least 4 members (excludes halogenated alkanes) is 2. The third-order valence-electron chi connectivity index (χ3n) is 14.2. The van der Waals surface area contributed by atoms with E-state index in [-0.39, 0.29) is 177 Å². The summed E-state index contributed by atoms with van der Waals surface area (Å²) in [6.45, 7) is 7.16. The van der Waals surface area contributed by atoms with Gasteiger partial charge in [0.15, 0.2) is 0 Å². The Labute approximate surface area is 523 Å². The lowest BCUT2D eigenvalue weighted by Crippen LogP contribution is -2.55. The van der Waals surface area contributed by atoms with Crippen LogP contribution in [0.3, 0.4) is 0 Å². The monoisotopic (exact) mass is 1290 g/mol. The van der Waals surface area contributed by atoms with E-state index >= 15 is 0 Å². The number of carboxylic acid groups (broad SMARTS) is 3. The van der Waals surface area contributed by atoms with E-state index < -0.39 is 71.5 Å². The average molecular weight is 1290 g/mol. The number of hydrogen-bond donors (Lipinski definition) is 8. The van der Waals surface area contributed by atoms with Crippen LogP contribution in [0.5, 0.6) is 0 Å². The summed E-state index contributed by atoms with van der Waals surface area (Å²) in [5.74, 6) is -7.17. The fourth-order valence-corrected chi connectivity index (χ4v) is 12.0. The summed E-state index contributed by atoms with van der Waals surface area (Å²) in [6, 6.07) is -3.13. The van der Waals surface area contributed by atoms with Gasteiger partial charge in [-0.25, -0.2) is 0 Å². The number of carboxylic acids is 3. The number of carbonyl (C=O) groups is 12. The molecule has 88 heavy (non-hydrogen) atoms. The molecule has 3 aliphatic rings. The third-order valence-corrected chi connectivity index (χ3v) is 16.7. The van der Waals surface area contributed by atoms with Crippen molar-refractivity contribution < 1.29 is 87.1 Å². The van der Waals surface area contributed by atoms with Crippen LogP contribution < -0.4 is 26.6 Å². The number of hydrogen-bond acceptors (Lipinski definition) is 22. The molecule has 2 unspecified atom stereocenters. The molecule has 3 aliphatic heterocycles. The fraction of sp³-hybridized carbons (Fsp3) is 0.750. The molecular formula is C56H94N12O18S2. The van der Waals surface area contributed by atoms with Crippen molar-refractivity contribution in [2.45, 2.75) is 89.8 Å². The minimum atomic E-state index is -1.22. The number of thioether (sulfide) groups is 2. The average Bonchev–Trinajstić information content (AvgIpc) is 2.80. The molecular weight excluding hydrogens is 1190 g/mol. The normalized spacial score (nSPS) is 17.4. The number of nitrogens with one attached hydrogen (secondary N) is 5. The quantitative estimate of drug-likeness (QED) is 0.0176. The van der Waals surface area contributed by atoms with Crippen LogP contribution in [0.4, 0.5) is 0 Å². The number of amides is 8. The molecule has 32 heteroatoms. The zero-order chi connectivity index (χ0) is 64.8. The smallest absolute Gasteiger partial charge is 0.317 e. The van der Waals surface area contributed by atoms with Gasteiger partial charge < -0.3 is 70.7 Å². The van der Waals surface area contributed by atoms with Gasteiger partial charge in [-0.05, 0) is 45.6 Å². The summed E-state index contributed by atoms with van der Waals surface area (Å²) in [4.78, 5) is 165. The number of aldehydes is 1. The van der Waals surface area contributed by atoms with E-state index in [9.17, 15) is 72.9 Å². The molecule has 498 valence electrons. The summed E-state index contributed by atoms with van der Waals surface area (Å²) in [5.41, 5.74) is 0. The number of ether oxygens (including phenoxy) is 3. The van der Waals surface area contributed by atoms with Crippen molar-refractivity contribution in [3.8, 4) is 0 Å². The van der Waals surface area contributed by atoms with Crippen molar-refractivity contribution in [3.05, 3.63) is 9.81 Å². The Balaban J connectivity index is 1.52. The molecule has 3 rings (SSSR count). The Bertz CT molecular complexity index is 2290. The first-order chi connectivity index (χ1) is 42.2. The van der Waals surface area contributed by atoms with E-state index in [0.29, 0.717) is 64.6 Å². The molecule has 0 aliphatic carbocycles. The van der Waals surface area contributed by atoms with Gasteiger partial charge in [-0.2, -0.15) is 0 Å². The third kappa shape index (κ3) is 29.6. The standard InChI is InChI=1S/C56H94N12O18S2/c1-5-7-8-13-44(70)61-42(53(80)67-16-9-12-43(67)54(81)66(15-6-2)34-46(72)58-4)40-88-52-51(87-39-41(38-69)60-45(71)32-57-3)55(82)68(56(52)83)17-11-27-85-29-31-86-30-28-84-26-10-14-59-47(73)33-62-18-20-63(35-48(74)75)22-24-65(37-50(78)79)25-23-64(21-19-62)36-49(76)77/h38,41-43,57H,5-37,39-40H2,1-4H3,(H,58,72)(H,59,73)(H,60,71)(H,61,70)(H,74,75)(H,76,77)(H,78,79)/t41?,42?,43-/m0/s1. The van der Waals surface area contributed by atoms with Gasteiger partial charge in [0, 0.05) is 117 Å². The summed E-state index contributed by atoms with van der Waals surface area (Å²) >= 11 is 1.81. The first-order valence-electron chi connectivity index (χ1n) is 30.1. The molecule has 2 fully saturated rings. The van der Waals surface area contributed by atoms with E-state index in [1.54, 1.807) is 21.7 Å². The molecule has 0 spiro atoms. The van der Waals surface area contributed by atoms with Crippen LogP contribution in [-0.2, 0) is 71.7 Å². The Morgan fingerprint density at radius 1 is 0.625 bits per heavy atom. The Morgan fingerprint density at radius 3 is 1.65 bits per heavy atom. The van der Waals surface area contributed by atoms with Crippen molar-refractivity contribution in [2.24, 2.45) is 0 Å². The Hall–Kier alpha value is -5.84. The lowest BCUT2D eigenvalue weighted by molar-refractivity contribution is -0.146. The van der Waals surface area contributed by atoms with Crippen LogP contribution >= 0.6 is 23.5 Å². The van der Waals surface area contributed by atoms with Crippen LogP contribution in [0.1, 0.15) is 71.6 Å². The number of carbonyl (C=O) groups excluding carboxylic acids is 9. The molecule has 0 aromatic heterocycles. The first kappa shape index (κ1) is 76.4. The number of imide groups is 1. The maximum atomic E-state index is 14.5. The molecule has 30 nitrogen and oxygen atoms in total. The minimum Gasteiger partial charge on any atom is -0.480 e. The van der Waals surface area contributed by atoms with Gasteiger partial charge in [0.2, 0.25) is 35.4 Å². The van der Waals surface area contributed by atoms with Crippen LogP contribution in [0.25, 0.3) is 0 Å². The highest BCUT2D eigenvalue weighted by Gasteiger charge is 2.43. The highest BCUT2D eigenvalue weighted by molar-refractivity contribution is 8.08. The molecule has 0 aromatic carbocycles. The zero-order valence-electron chi connectivity index (χ0n) is 51.5. The number of likely N-dealkylation sites (tertiary alicyclic amines) is 1. The fourth-order valence-electron chi connectivity index (χ4n) is 9.64. The second-order valence-electron chi connectivity index (χ2n) is 21.3. The summed E-state index contributed by atoms with van der Waals surface area (Å²) in [7, 11) is 3.03. The molecule has 3 heterocycles. The highest BCUT2D eigenvalue weighted by atomic mass is 32.2. The maximum Gasteiger partial charge on any atom is 0.317 e. The molecule has 8 N–H and O–H groups in total. The van der Waals surface area contributed by atoms with Crippen LogP contribution in [0.2, 0.25) is 0 Å². The molecule has 0 aromatic rings. The lowest BCUT2D eigenvalue weighted by atomic mass is 10.1. The van der Waals surface area contributed by atoms with Crippen LogP contribution in [0, 0.1) is 0 Å². The molecule has 2 saturated heterocycles. The number of rotatable bonds is 43. The molecule has 3 atom stereocenters. The van der Waals surface area contributed by atoms with Gasteiger partial charge in [0.1, 0.15) is 18.4 Å². The van der Waals surface area contributed by atoms with Gasteiger partial charge in [0.25, 0.3) is 11.8 Å². The molecule has 0 saturated carbocycles. The second-order valence-corrected chi connectivity index (χ2v) is 23.3. The van der Waals surface area contributed by atoms with Crippen molar-refractivity contribution in [1.29, 1.82) is 0 Å². The zero-order valence-corrected chi connectivity index (χ0v) is 53.1. The minimum absolute atomic E-state index is 0.000455. The topological polar surface area (TPSA) is 376 Å². The van der Waals surface area contributed by atoms with Crippen molar-refractivity contribution >= 4 is 95.0 Å². The van der Waals surface area contributed by atoms with Crippen LogP contribution in [-0.4, -0.2) is 322 Å². The SMILES string of the molecule is CCCCCC(=O)NC(CSC1=C(SCC(C=O)NC(=O)CNC)C(=O)N(CCCOCCOCCOCCCNC(=O)CN2CCN(CC(=O)O)CCN(CC(=O)O)CCN(CC(=O)O)CC2)C1=O)C(=O)N1CCC[C@H]1C(=O)N(CCC)CC(=O)NC. The predicted molar refractivity (Wildman–Crippen MR) is 326 cm³/mol. The number of nitrogens with zero attached hydrogens (tertiary/aromatic N) is 7. The highest BCUT2D eigenvalue weighted by Crippen LogP contribution is 2.37.